The monoisotopic (exact) mass is 505 g/mol. The summed E-state index contributed by atoms with van der Waals surface area (Å²) in [5, 5.41) is 19.5. The highest BCUT2D eigenvalue weighted by molar-refractivity contribution is 7.13. The first-order chi connectivity index (χ1) is 16.7. The molecule has 1 amide bonds. The van der Waals surface area contributed by atoms with Crippen LogP contribution in [0, 0.1) is 5.92 Å². The van der Waals surface area contributed by atoms with Crippen molar-refractivity contribution < 1.29 is 28.6 Å². The minimum atomic E-state index is -3.41. The maximum absolute atomic E-state index is 14.2. The third kappa shape index (κ3) is 7.70. The first-order valence-electron chi connectivity index (χ1n) is 12.1. The van der Waals surface area contributed by atoms with E-state index in [0.717, 1.165) is 41.9 Å². The lowest BCUT2D eigenvalue weighted by molar-refractivity contribution is -0.148. The van der Waals surface area contributed by atoms with Crippen molar-refractivity contribution in [3.8, 4) is 0 Å². The number of aryl methyl sites for hydroxylation is 2. The number of carbonyl (C=O) groups is 2. The van der Waals surface area contributed by atoms with Crippen molar-refractivity contribution in [3.05, 3.63) is 69.9 Å². The fourth-order valence-electron chi connectivity index (χ4n) is 4.35. The van der Waals surface area contributed by atoms with Crippen molar-refractivity contribution in [1.29, 1.82) is 0 Å². The van der Waals surface area contributed by atoms with Gasteiger partial charge in [0.25, 0.3) is 5.91 Å². The molecule has 0 radical (unpaired) electrons. The van der Waals surface area contributed by atoms with Gasteiger partial charge in [-0.1, -0.05) is 55.8 Å². The second-order valence-corrected chi connectivity index (χ2v) is 10.4. The molecule has 1 aromatic carbocycles. The topological polar surface area (TPSA) is 77.8 Å². The molecule has 1 aliphatic rings. The van der Waals surface area contributed by atoms with Crippen LogP contribution in [0.2, 0.25) is 0 Å². The van der Waals surface area contributed by atoms with Gasteiger partial charge in [-0.05, 0) is 55.7 Å². The number of hydrogen-bond acceptors (Lipinski definition) is 4. The Hall–Kier alpha value is -2.58. The van der Waals surface area contributed by atoms with Gasteiger partial charge in [0, 0.05) is 17.8 Å². The van der Waals surface area contributed by atoms with Crippen LogP contribution in [0.1, 0.15) is 59.1 Å². The van der Waals surface area contributed by atoms with Crippen LogP contribution in [0.5, 0.6) is 0 Å². The minimum Gasteiger partial charge on any atom is -0.477 e. The lowest BCUT2D eigenvalue weighted by Gasteiger charge is -2.22. The quantitative estimate of drug-likeness (QED) is 0.275. The predicted molar refractivity (Wildman–Crippen MR) is 133 cm³/mol. The Bertz CT molecular complexity index is 1010. The number of likely N-dealkylation sites (tertiary alicyclic amines) is 1. The molecule has 1 aromatic heterocycles. The fourth-order valence-corrected chi connectivity index (χ4v) is 5.24. The number of amides is 1. The third-order valence-corrected chi connectivity index (χ3v) is 7.60. The van der Waals surface area contributed by atoms with E-state index >= 15 is 0 Å². The predicted octanol–water partition coefficient (Wildman–Crippen LogP) is 5.58. The molecule has 2 N–H and O–H groups in total. The molecule has 190 valence electrons. The van der Waals surface area contributed by atoms with Crippen molar-refractivity contribution in [3.63, 3.8) is 0 Å². The smallest absolute Gasteiger partial charge is 0.345 e. The Labute approximate surface area is 209 Å². The van der Waals surface area contributed by atoms with Crippen molar-refractivity contribution in [1.82, 2.24) is 4.90 Å². The Kier molecular flexibility index (Phi) is 9.57. The second kappa shape index (κ2) is 12.4. The van der Waals surface area contributed by atoms with Gasteiger partial charge in [0.05, 0.1) is 12.1 Å². The van der Waals surface area contributed by atoms with Crippen LogP contribution in [0.3, 0.4) is 0 Å². The SMILES string of the molecule is CC(CCCCc1ccccc1)[C@H](O)/C=C/C1CC(F)(F)C(=O)N1CCCc1ccc(C(=O)O)s1. The number of alkyl halides is 2. The van der Waals surface area contributed by atoms with Crippen molar-refractivity contribution in [2.24, 2.45) is 5.92 Å². The van der Waals surface area contributed by atoms with Crippen molar-refractivity contribution in [2.45, 2.75) is 69.9 Å². The molecule has 5 nitrogen and oxygen atoms in total. The van der Waals surface area contributed by atoms with E-state index in [9.17, 15) is 23.5 Å². The summed E-state index contributed by atoms with van der Waals surface area (Å²) in [7, 11) is 0. The molecule has 2 aromatic rings. The Morgan fingerprint density at radius 3 is 2.60 bits per heavy atom. The molecule has 0 spiro atoms. The number of aromatic carboxylic acids is 1. The molecular formula is C27H33F2NO4S. The molecule has 1 aliphatic heterocycles. The van der Waals surface area contributed by atoms with Crippen LogP contribution < -0.4 is 0 Å². The fraction of sp³-hybridized carbons (Fsp3) is 0.481. The average Bonchev–Trinajstić information content (AvgIpc) is 3.39. The summed E-state index contributed by atoms with van der Waals surface area (Å²) in [5.74, 6) is -5.62. The van der Waals surface area contributed by atoms with Gasteiger partial charge in [0.1, 0.15) is 4.88 Å². The normalized spacial score (nSPS) is 19.4. The molecule has 1 fully saturated rings. The number of carboxylic acid groups (broad SMARTS) is 1. The summed E-state index contributed by atoms with van der Waals surface area (Å²) in [6.07, 6.45) is 6.46. The molecule has 3 atom stereocenters. The van der Waals surface area contributed by atoms with Gasteiger partial charge in [-0.3, -0.25) is 4.79 Å². The number of thiophene rings is 1. The van der Waals surface area contributed by atoms with E-state index in [4.69, 9.17) is 5.11 Å². The average molecular weight is 506 g/mol. The lowest BCUT2D eigenvalue weighted by atomic mass is 9.95. The Balaban J connectivity index is 1.48. The highest BCUT2D eigenvalue weighted by atomic mass is 32.1. The summed E-state index contributed by atoms with van der Waals surface area (Å²) < 4.78 is 28.3. The van der Waals surface area contributed by atoms with E-state index < -0.39 is 36.4 Å². The van der Waals surface area contributed by atoms with E-state index in [0.29, 0.717) is 12.8 Å². The summed E-state index contributed by atoms with van der Waals surface area (Å²) in [4.78, 5) is 25.5. The van der Waals surface area contributed by atoms with Crippen LogP contribution >= 0.6 is 11.3 Å². The second-order valence-electron chi connectivity index (χ2n) is 9.23. The summed E-state index contributed by atoms with van der Waals surface area (Å²) >= 11 is 1.15. The molecule has 0 saturated carbocycles. The minimum absolute atomic E-state index is 0.0182. The summed E-state index contributed by atoms with van der Waals surface area (Å²) in [6, 6.07) is 12.7. The number of halogens is 2. The van der Waals surface area contributed by atoms with Crippen LogP contribution in [0.4, 0.5) is 8.78 Å². The van der Waals surface area contributed by atoms with Gasteiger partial charge in [-0.25, -0.2) is 4.79 Å². The molecule has 0 aliphatic carbocycles. The molecule has 1 saturated heterocycles. The lowest BCUT2D eigenvalue weighted by Crippen LogP contribution is -2.36. The van der Waals surface area contributed by atoms with E-state index in [-0.39, 0.29) is 17.3 Å². The molecule has 3 rings (SSSR count). The van der Waals surface area contributed by atoms with Gasteiger partial charge >= 0.3 is 11.9 Å². The third-order valence-electron chi connectivity index (χ3n) is 6.47. The zero-order chi connectivity index (χ0) is 25.4. The van der Waals surface area contributed by atoms with Crippen LogP contribution in [0.25, 0.3) is 0 Å². The van der Waals surface area contributed by atoms with E-state index in [2.05, 4.69) is 12.1 Å². The van der Waals surface area contributed by atoms with Crippen LogP contribution in [0.15, 0.2) is 54.6 Å². The van der Waals surface area contributed by atoms with E-state index in [1.165, 1.54) is 22.6 Å². The largest absolute Gasteiger partial charge is 0.477 e. The van der Waals surface area contributed by atoms with E-state index in [1.54, 1.807) is 12.1 Å². The Morgan fingerprint density at radius 2 is 1.91 bits per heavy atom. The number of benzene rings is 1. The highest BCUT2D eigenvalue weighted by Crippen LogP contribution is 2.34. The van der Waals surface area contributed by atoms with Crippen molar-refractivity contribution >= 4 is 23.2 Å². The van der Waals surface area contributed by atoms with Crippen LogP contribution in [-0.2, 0) is 17.6 Å². The molecule has 2 unspecified atom stereocenters. The zero-order valence-electron chi connectivity index (χ0n) is 19.9. The number of carboxylic acids is 1. The number of aliphatic hydroxyl groups is 1. The highest BCUT2D eigenvalue weighted by Gasteiger charge is 2.52. The molecule has 8 heteroatoms. The van der Waals surface area contributed by atoms with Gasteiger partial charge in [-0.15, -0.1) is 11.3 Å². The molecule has 35 heavy (non-hydrogen) atoms. The van der Waals surface area contributed by atoms with Gasteiger partial charge in [-0.2, -0.15) is 8.78 Å². The standard InChI is InChI=1S/C27H33F2NO4S/c1-19(8-5-6-11-20-9-3-2-4-10-20)23(31)15-13-21-18-27(28,29)26(34)30(21)17-7-12-22-14-16-24(35-22)25(32)33/h2-4,9-10,13-16,19,21,23,31H,5-8,11-12,17-18H2,1H3,(H,32,33)/b15-13+/t19?,21?,23-/m1/s1. The Morgan fingerprint density at radius 1 is 1.17 bits per heavy atom. The maximum atomic E-state index is 14.2. The molecular weight excluding hydrogens is 472 g/mol. The van der Waals surface area contributed by atoms with Gasteiger partial charge in [0.2, 0.25) is 0 Å². The first kappa shape index (κ1) is 27.0. The van der Waals surface area contributed by atoms with E-state index in [1.807, 2.05) is 25.1 Å². The first-order valence-corrected chi connectivity index (χ1v) is 12.9. The summed E-state index contributed by atoms with van der Waals surface area (Å²) in [6.45, 7) is 2.09. The number of hydrogen-bond donors (Lipinski definition) is 2. The zero-order valence-corrected chi connectivity index (χ0v) is 20.7. The van der Waals surface area contributed by atoms with Gasteiger partial charge < -0.3 is 15.1 Å². The number of nitrogens with zero attached hydrogens (tertiary/aromatic N) is 1. The number of unbranched alkanes of at least 4 members (excludes halogenated alkanes) is 1. The number of rotatable bonds is 13. The van der Waals surface area contributed by atoms with Crippen LogP contribution in [-0.4, -0.2) is 51.6 Å². The maximum Gasteiger partial charge on any atom is 0.345 e. The number of aliphatic hydroxyl groups excluding tert-OH is 1. The molecule has 2 heterocycles. The molecule has 0 bridgehead atoms. The summed E-state index contributed by atoms with van der Waals surface area (Å²) in [5.41, 5.74) is 1.29. The number of carbonyl (C=O) groups excluding carboxylic acids is 1. The van der Waals surface area contributed by atoms with Gasteiger partial charge in [0.15, 0.2) is 0 Å². The van der Waals surface area contributed by atoms with Crippen molar-refractivity contribution in [2.75, 3.05) is 6.54 Å².